The maximum Gasteiger partial charge on any atom is 0.254 e. The van der Waals surface area contributed by atoms with Gasteiger partial charge in [0.05, 0.1) is 19.1 Å². The zero-order valence-electron chi connectivity index (χ0n) is 17.4. The number of carbonyl (C=O) groups is 2. The minimum Gasteiger partial charge on any atom is -0.497 e. The van der Waals surface area contributed by atoms with Gasteiger partial charge in [0, 0.05) is 19.7 Å². The fraction of sp³-hybridized carbons (Fsp3) is 0.273. The van der Waals surface area contributed by atoms with E-state index < -0.39 is 12.0 Å². The number of hydrogen-bond acceptors (Lipinski definition) is 7. The summed E-state index contributed by atoms with van der Waals surface area (Å²) < 4.78 is 10.3. The molecule has 2 heterocycles. The van der Waals surface area contributed by atoms with Crippen molar-refractivity contribution in [3.8, 4) is 5.75 Å². The van der Waals surface area contributed by atoms with Gasteiger partial charge in [0.2, 0.25) is 11.0 Å². The largest absolute Gasteiger partial charge is 0.497 e. The average Bonchev–Trinajstić information content (AvgIpc) is 3.23. The summed E-state index contributed by atoms with van der Waals surface area (Å²) >= 11 is 1.26. The molecule has 0 aliphatic carbocycles. The van der Waals surface area contributed by atoms with Gasteiger partial charge >= 0.3 is 0 Å². The number of aromatic nitrogens is 2. The maximum atomic E-state index is 13.5. The van der Waals surface area contributed by atoms with Crippen LogP contribution in [0.2, 0.25) is 0 Å². The molecule has 0 fully saturated rings. The monoisotopic (exact) mass is 438 g/mol. The molecule has 1 aliphatic heterocycles. The van der Waals surface area contributed by atoms with Crippen LogP contribution in [-0.4, -0.2) is 48.2 Å². The summed E-state index contributed by atoms with van der Waals surface area (Å²) in [5, 5.41) is 12.0. The number of nitrogens with zero attached hydrogens (tertiary/aromatic N) is 3. The van der Waals surface area contributed by atoms with Crippen LogP contribution in [-0.2, 0) is 16.1 Å². The zero-order valence-corrected chi connectivity index (χ0v) is 18.2. The molecular weight excluding hydrogens is 416 g/mol. The second-order valence-corrected chi connectivity index (χ2v) is 8.18. The standard InChI is InChI=1S/C22H22N4O4S/c1-26-19(13-8-10-14(30-3)11-9-13)18(15-6-4-5-7-16(15)21(26)28)20(27)23-22-25-24-17(31-22)12-29-2/h4-11,18-19H,12H2,1-3H3,(H,23,25,27)/t18-,19-/m0/s1. The first-order valence-corrected chi connectivity index (χ1v) is 10.5. The Hall–Kier alpha value is -3.30. The Kier molecular flexibility index (Phi) is 5.97. The number of methoxy groups -OCH3 is 2. The lowest BCUT2D eigenvalue weighted by molar-refractivity contribution is -0.119. The van der Waals surface area contributed by atoms with Crippen LogP contribution in [0.1, 0.15) is 38.5 Å². The second kappa shape index (κ2) is 8.83. The molecule has 1 aromatic heterocycles. The van der Waals surface area contributed by atoms with Crippen molar-refractivity contribution in [2.75, 3.05) is 26.6 Å². The first-order valence-electron chi connectivity index (χ1n) is 9.65. The van der Waals surface area contributed by atoms with E-state index >= 15 is 0 Å². The molecule has 4 rings (SSSR count). The first-order chi connectivity index (χ1) is 15.0. The number of benzene rings is 2. The van der Waals surface area contributed by atoms with Crippen molar-refractivity contribution in [1.82, 2.24) is 15.1 Å². The van der Waals surface area contributed by atoms with E-state index in [2.05, 4.69) is 15.5 Å². The van der Waals surface area contributed by atoms with E-state index in [4.69, 9.17) is 9.47 Å². The summed E-state index contributed by atoms with van der Waals surface area (Å²) in [5.74, 6) is -0.303. The van der Waals surface area contributed by atoms with Crippen LogP contribution in [0.3, 0.4) is 0 Å². The molecule has 160 valence electrons. The van der Waals surface area contributed by atoms with Crippen LogP contribution in [0.15, 0.2) is 48.5 Å². The van der Waals surface area contributed by atoms with Gasteiger partial charge in [0.15, 0.2) is 0 Å². The predicted molar refractivity (Wildman–Crippen MR) is 116 cm³/mol. The lowest BCUT2D eigenvalue weighted by Gasteiger charge is -2.39. The third-order valence-corrected chi connectivity index (χ3v) is 6.10. The highest BCUT2D eigenvalue weighted by molar-refractivity contribution is 7.15. The maximum absolute atomic E-state index is 13.5. The van der Waals surface area contributed by atoms with Gasteiger partial charge < -0.3 is 14.4 Å². The van der Waals surface area contributed by atoms with E-state index in [-0.39, 0.29) is 11.8 Å². The van der Waals surface area contributed by atoms with Gasteiger partial charge in [-0.2, -0.15) is 0 Å². The molecule has 9 heteroatoms. The molecule has 0 spiro atoms. The highest BCUT2D eigenvalue weighted by Gasteiger charge is 2.42. The van der Waals surface area contributed by atoms with Crippen LogP contribution >= 0.6 is 11.3 Å². The normalized spacial score (nSPS) is 17.9. The van der Waals surface area contributed by atoms with Gasteiger partial charge in [0.25, 0.3) is 5.91 Å². The number of hydrogen-bond donors (Lipinski definition) is 1. The summed E-state index contributed by atoms with van der Waals surface area (Å²) in [6, 6.07) is 14.1. The molecule has 2 aromatic carbocycles. The highest BCUT2D eigenvalue weighted by atomic mass is 32.1. The average molecular weight is 439 g/mol. The zero-order chi connectivity index (χ0) is 22.0. The molecule has 0 radical (unpaired) electrons. The predicted octanol–water partition coefficient (Wildman–Crippen LogP) is 3.24. The number of likely N-dealkylation sites (N-methyl/N-ethyl adjacent to an activating group) is 1. The van der Waals surface area contributed by atoms with Crippen molar-refractivity contribution >= 4 is 28.3 Å². The third-order valence-electron chi connectivity index (χ3n) is 5.28. The Balaban J connectivity index is 1.74. The van der Waals surface area contributed by atoms with Crippen molar-refractivity contribution < 1.29 is 19.1 Å². The molecule has 31 heavy (non-hydrogen) atoms. The lowest BCUT2D eigenvalue weighted by Crippen LogP contribution is -2.44. The topological polar surface area (TPSA) is 93.7 Å². The van der Waals surface area contributed by atoms with Crippen LogP contribution < -0.4 is 10.1 Å². The SMILES string of the molecule is COCc1nnc(NC(=O)[C@H]2c3ccccc3C(=O)N(C)[C@H]2c2ccc(OC)cc2)s1. The second-order valence-electron chi connectivity index (χ2n) is 7.12. The smallest absolute Gasteiger partial charge is 0.254 e. The van der Waals surface area contributed by atoms with Crippen molar-refractivity contribution in [2.24, 2.45) is 0 Å². The van der Waals surface area contributed by atoms with E-state index in [0.29, 0.717) is 33.6 Å². The van der Waals surface area contributed by atoms with Gasteiger partial charge in [0.1, 0.15) is 17.4 Å². The van der Waals surface area contributed by atoms with Crippen LogP contribution in [0.25, 0.3) is 0 Å². The molecule has 2 amide bonds. The van der Waals surface area contributed by atoms with E-state index in [1.165, 1.54) is 11.3 Å². The lowest BCUT2D eigenvalue weighted by atomic mass is 9.79. The summed E-state index contributed by atoms with van der Waals surface area (Å²) in [6.45, 7) is 0.325. The van der Waals surface area contributed by atoms with Crippen molar-refractivity contribution in [1.29, 1.82) is 0 Å². The Bertz CT molecular complexity index is 1100. The quantitative estimate of drug-likeness (QED) is 0.635. The van der Waals surface area contributed by atoms with Crippen molar-refractivity contribution in [2.45, 2.75) is 18.6 Å². The van der Waals surface area contributed by atoms with Gasteiger partial charge in [-0.1, -0.05) is 41.7 Å². The number of carbonyl (C=O) groups excluding carboxylic acids is 2. The summed E-state index contributed by atoms with van der Waals surface area (Å²) in [7, 11) is 4.89. The third kappa shape index (κ3) is 4.01. The van der Waals surface area contributed by atoms with E-state index in [1.54, 1.807) is 38.3 Å². The number of ether oxygens (including phenoxy) is 2. The summed E-state index contributed by atoms with van der Waals surface area (Å²) in [6.07, 6.45) is 0. The fourth-order valence-corrected chi connectivity index (χ4v) is 4.56. The van der Waals surface area contributed by atoms with Gasteiger partial charge in [-0.25, -0.2) is 0 Å². The molecule has 8 nitrogen and oxygen atoms in total. The minimum absolute atomic E-state index is 0.126. The molecule has 2 atom stereocenters. The molecule has 0 unspecified atom stereocenters. The van der Waals surface area contributed by atoms with Crippen LogP contribution in [0.4, 0.5) is 5.13 Å². The number of fused-ring (bicyclic) bond motifs is 1. The minimum atomic E-state index is -0.623. The van der Waals surface area contributed by atoms with Gasteiger partial charge in [-0.15, -0.1) is 10.2 Å². The van der Waals surface area contributed by atoms with Crippen LogP contribution in [0, 0.1) is 0 Å². The molecule has 0 saturated heterocycles. The van der Waals surface area contributed by atoms with Crippen molar-refractivity contribution in [3.05, 3.63) is 70.2 Å². The Morgan fingerprint density at radius 3 is 2.58 bits per heavy atom. The Labute approximate surface area is 183 Å². The Morgan fingerprint density at radius 2 is 1.87 bits per heavy atom. The molecule has 1 N–H and O–H groups in total. The first kappa shape index (κ1) is 21.0. The van der Waals surface area contributed by atoms with Crippen molar-refractivity contribution in [3.63, 3.8) is 0 Å². The number of rotatable bonds is 6. The number of nitrogens with one attached hydrogen (secondary N) is 1. The van der Waals surface area contributed by atoms with Gasteiger partial charge in [-0.05, 0) is 29.3 Å². The highest BCUT2D eigenvalue weighted by Crippen LogP contribution is 2.42. The molecular formula is C22H22N4O4S. The molecule has 3 aromatic rings. The Morgan fingerprint density at radius 1 is 1.13 bits per heavy atom. The molecule has 0 saturated carbocycles. The molecule has 1 aliphatic rings. The fourth-order valence-electron chi connectivity index (χ4n) is 3.84. The van der Waals surface area contributed by atoms with E-state index in [1.807, 2.05) is 36.4 Å². The van der Waals surface area contributed by atoms with E-state index in [0.717, 1.165) is 5.56 Å². The number of anilines is 1. The molecule has 0 bridgehead atoms. The van der Waals surface area contributed by atoms with Gasteiger partial charge in [-0.3, -0.25) is 14.9 Å². The van der Waals surface area contributed by atoms with E-state index in [9.17, 15) is 9.59 Å². The van der Waals surface area contributed by atoms with Crippen LogP contribution in [0.5, 0.6) is 5.75 Å². The summed E-state index contributed by atoms with van der Waals surface area (Å²) in [4.78, 5) is 28.2. The summed E-state index contributed by atoms with van der Waals surface area (Å²) in [5.41, 5.74) is 2.04. The number of amides is 2.